The van der Waals surface area contributed by atoms with Crippen molar-refractivity contribution in [2.24, 2.45) is 0 Å². The summed E-state index contributed by atoms with van der Waals surface area (Å²) in [6.07, 6.45) is 6.36. The van der Waals surface area contributed by atoms with Crippen molar-refractivity contribution >= 4 is 12.2 Å². The van der Waals surface area contributed by atoms with Crippen molar-refractivity contribution in [3.8, 4) is 0 Å². The second-order valence-corrected chi connectivity index (χ2v) is 4.34. The molecule has 0 aliphatic heterocycles. The molecule has 0 spiro atoms. The molecule has 2 aromatic carbocycles. The van der Waals surface area contributed by atoms with Crippen LogP contribution in [0, 0.1) is 0 Å². The Morgan fingerprint density at radius 3 is 2.47 bits per heavy atom. The molecule has 82 valence electrons. The summed E-state index contributed by atoms with van der Waals surface area (Å²) in [5.41, 5.74) is 5.25. The Labute approximate surface area is 102 Å². The molecule has 0 N–H and O–H groups in total. The van der Waals surface area contributed by atoms with Gasteiger partial charge in [0.2, 0.25) is 0 Å². The second-order valence-electron chi connectivity index (χ2n) is 4.34. The van der Waals surface area contributed by atoms with Crippen molar-refractivity contribution in [2.45, 2.75) is 5.92 Å². The highest BCUT2D eigenvalue weighted by molar-refractivity contribution is 5.65. The van der Waals surface area contributed by atoms with Gasteiger partial charge in [-0.2, -0.15) is 0 Å². The number of hydrogen-bond donors (Lipinski definition) is 0. The van der Waals surface area contributed by atoms with Crippen molar-refractivity contribution in [1.82, 2.24) is 0 Å². The fourth-order valence-electron chi connectivity index (χ4n) is 2.38. The van der Waals surface area contributed by atoms with Gasteiger partial charge in [-0.3, -0.25) is 0 Å². The number of hydrogen-bond acceptors (Lipinski definition) is 0. The Bertz CT molecular complexity index is 573. The summed E-state index contributed by atoms with van der Waals surface area (Å²) in [6, 6.07) is 17.2. The van der Waals surface area contributed by atoms with Crippen molar-refractivity contribution < 1.29 is 0 Å². The molecule has 0 radical (unpaired) electrons. The molecule has 1 unspecified atom stereocenters. The smallest absolute Gasteiger partial charge is 0.0278 e. The molecule has 0 fully saturated rings. The van der Waals surface area contributed by atoms with Gasteiger partial charge < -0.3 is 0 Å². The van der Waals surface area contributed by atoms with Crippen LogP contribution in [-0.4, -0.2) is 0 Å². The molecule has 3 rings (SSSR count). The van der Waals surface area contributed by atoms with E-state index in [0.29, 0.717) is 5.92 Å². The van der Waals surface area contributed by atoms with Crippen molar-refractivity contribution in [1.29, 1.82) is 0 Å². The van der Waals surface area contributed by atoms with Gasteiger partial charge in [0, 0.05) is 5.92 Å². The Morgan fingerprint density at radius 1 is 0.941 bits per heavy atom. The van der Waals surface area contributed by atoms with Crippen LogP contribution >= 0.6 is 0 Å². The van der Waals surface area contributed by atoms with Gasteiger partial charge in [0.1, 0.15) is 0 Å². The molecular weight excluding hydrogens is 204 g/mol. The van der Waals surface area contributed by atoms with Gasteiger partial charge >= 0.3 is 0 Å². The summed E-state index contributed by atoms with van der Waals surface area (Å²) in [5.74, 6) is 0.407. The zero-order valence-corrected chi connectivity index (χ0v) is 9.64. The quantitative estimate of drug-likeness (QED) is 0.696. The van der Waals surface area contributed by atoms with E-state index in [1.807, 2.05) is 6.08 Å². The normalized spacial score (nSPS) is 16.8. The third-order valence-corrected chi connectivity index (χ3v) is 3.33. The minimum absolute atomic E-state index is 0.407. The summed E-state index contributed by atoms with van der Waals surface area (Å²) in [4.78, 5) is 0. The average molecular weight is 218 g/mol. The Kier molecular flexibility index (Phi) is 2.41. The predicted octanol–water partition coefficient (Wildman–Crippen LogP) is 4.49. The van der Waals surface area contributed by atoms with Crippen LogP contribution in [-0.2, 0) is 0 Å². The highest BCUT2D eigenvalue weighted by Gasteiger charge is 2.17. The van der Waals surface area contributed by atoms with E-state index >= 15 is 0 Å². The maximum absolute atomic E-state index is 3.78. The fraction of sp³-hybridized carbons (Fsp3) is 0.0588. The van der Waals surface area contributed by atoms with Crippen LogP contribution < -0.4 is 0 Å². The lowest BCUT2D eigenvalue weighted by Crippen LogP contribution is -1.95. The maximum Gasteiger partial charge on any atom is 0.0278 e. The molecule has 1 atom stereocenters. The lowest BCUT2D eigenvalue weighted by molar-refractivity contribution is 1.05. The van der Waals surface area contributed by atoms with Gasteiger partial charge in [-0.25, -0.2) is 0 Å². The number of benzene rings is 2. The summed E-state index contributed by atoms with van der Waals surface area (Å²) < 4.78 is 0. The zero-order valence-electron chi connectivity index (χ0n) is 9.64. The van der Waals surface area contributed by atoms with Crippen LogP contribution in [0.5, 0.6) is 0 Å². The standard InChI is InChI=1S/C17H14/c1-2-13-7-9-15(10-8-13)17-12-11-14-5-3-4-6-16(14)17/h2-12,17H,1H2. The number of allylic oxidation sites excluding steroid dienone is 1. The van der Waals surface area contributed by atoms with Crippen molar-refractivity contribution in [2.75, 3.05) is 0 Å². The largest absolute Gasteiger partial charge is 0.0985 e. The highest BCUT2D eigenvalue weighted by Crippen LogP contribution is 2.35. The summed E-state index contributed by atoms with van der Waals surface area (Å²) in [5, 5.41) is 0. The van der Waals surface area contributed by atoms with E-state index in [1.54, 1.807) is 0 Å². The van der Waals surface area contributed by atoms with Crippen molar-refractivity contribution in [3.05, 3.63) is 83.4 Å². The first-order chi connectivity index (χ1) is 8.38. The van der Waals surface area contributed by atoms with E-state index in [9.17, 15) is 0 Å². The van der Waals surface area contributed by atoms with Crippen LogP contribution in [0.25, 0.3) is 12.2 Å². The first kappa shape index (κ1) is 10.1. The zero-order chi connectivity index (χ0) is 11.7. The van der Waals surface area contributed by atoms with Gasteiger partial charge in [-0.05, 0) is 22.3 Å². The molecule has 2 aromatic rings. The van der Waals surface area contributed by atoms with Gasteiger partial charge in [-0.15, -0.1) is 0 Å². The molecule has 0 heterocycles. The number of rotatable bonds is 2. The molecule has 1 aliphatic rings. The Hall–Kier alpha value is -2.08. The van der Waals surface area contributed by atoms with Gasteiger partial charge in [-0.1, -0.05) is 73.3 Å². The van der Waals surface area contributed by atoms with Crippen LogP contribution in [0.3, 0.4) is 0 Å². The van der Waals surface area contributed by atoms with E-state index in [-0.39, 0.29) is 0 Å². The first-order valence-corrected chi connectivity index (χ1v) is 5.88. The molecule has 0 saturated carbocycles. The average Bonchev–Trinajstić information content (AvgIpc) is 2.83. The third-order valence-electron chi connectivity index (χ3n) is 3.33. The highest BCUT2D eigenvalue weighted by atomic mass is 14.2. The Morgan fingerprint density at radius 2 is 1.71 bits per heavy atom. The molecule has 0 heteroatoms. The van der Waals surface area contributed by atoms with Crippen LogP contribution in [0.2, 0.25) is 0 Å². The van der Waals surface area contributed by atoms with Gasteiger partial charge in [0.05, 0.1) is 0 Å². The van der Waals surface area contributed by atoms with E-state index in [1.165, 1.54) is 22.3 Å². The maximum atomic E-state index is 3.78. The number of fused-ring (bicyclic) bond motifs is 1. The summed E-state index contributed by atoms with van der Waals surface area (Å²) in [6.45, 7) is 3.78. The summed E-state index contributed by atoms with van der Waals surface area (Å²) in [7, 11) is 0. The predicted molar refractivity (Wildman–Crippen MR) is 73.9 cm³/mol. The monoisotopic (exact) mass is 218 g/mol. The molecule has 0 nitrogen and oxygen atoms in total. The molecule has 0 saturated heterocycles. The summed E-state index contributed by atoms with van der Waals surface area (Å²) >= 11 is 0. The van der Waals surface area contributed by atoms with E-state index in [0.717, 1.165) is 0 Å². The van der Waals surface area contributed by atoms with E-state index < -0.39 is 0 Å². The molecule has 17 heavy (non-hydrogen) atoms. The van der Waals surface area contributed by atoms with Crippen LogP contribution in [0.1, 0.15) is 28.2 Å². The molecular formula is C17H14. The second kappa shape index (κ2) is 4.06. The molecule has 0 bridgehead atoms. The topological polar surface area (TPSA) is 0 Å². The molecule has 1 aliphatic carbocycles. The van der Waals surface area contributed by atoms with Gasteiger partial charge in [0.15, 0.2) is 0 Å². The lowest BCUT2D eigenvalue weighted by Gasteiger charge is -2.11. The van der Waals surface area contributed by atoms with E-state index in [2.05, 4.69) is 67.3 Å². The molecule has 0 amide bonds. The van der Waals surface area contributed by atoms with Gasteiger partial charge in [0.25, 0.3) is 0 Å². The molecule has 0 aromatic heterocycles. The minimum Gasteiger partial charge on any atom is -0.0985 e. The van der Waals surface area contributed by atoms with Crippen molar-refractivity contribution in [3.63, 3.8) is 0 Å². The minimum atomic E-state index is 0.407. The SMILES string of the molecule is C=Cc1ccc(C2C=Cc3ccccc32)cc1. The Balaban J connectivity index is 2.01. The van der Waals surface area contributed by atoms with Crippen LogP contribution in [0.4, 0.5) is 0 Å². The first-order valence-electron chi connectivity index (χ1n) is 5.88. The van der Waals surface area contributed by atoms with Crippen LogP contribution in [0.15, 0.2) is 61.2 Å². The fourth-order valence-corrected chi connectivity index (χ4v) is 2.38. The van der Waals surface area contributed by atoms with E-state index in [4.69, 9.17) is 0 Å². The third kappa shape index (κ3) is 1.72. The lowest BCUT2D eigenvalue weighted by atomic mass is 9.92.